The Hall–Kier alpha value is -1.75. The average molecular weight is 1210 g/mol. The number of allylic oxidation sites excluding steroid dienone is 2. The first-order valence-electron chi connectivity index (χ1n) is 30.2. The van der Waals surface area contributed by atoms with Crippen LogP contribution in [0.15, 0.2) is 11.6 Å². The van der Waals surface area contributed by atoms with E-state index in [0.29, 0.717) is 57.8 Å². The minimum atomic E-state index is -1.90. The lowest BCUT2D eigenvalue weighted by Crippen LogP contribution is -2.67. The van der Waals surface area contributed by atoms with Gasteiger partial charge in [-0.15, -0.1) is 0 Å². The highest BCUT2D eigenvalue weighted by atomic mass is 16.8. The third-order valence-corrected chi connectivity index (χ3v) is 22.9. The van der Waals surface area contributed by atoms with E-state index < -0.39 is 195 Å². The summed E-state index contributed by atoms with van der Waals surface area (Å²) in [5.74, 6) is -1.02. The summed E-state index contributed by atoms with van der Waals surface area (Å²) in [4.78, 5) is 15.4. The topological polar surface area (TPSA) is 413 Å². The molecule has 0 amide bonds. The predicted molar refractivity (Wildman–Crippen MR) is 283 cm³/mol. The van der Waals surface area contributed by atoms with Gasteiger partial charge in [-0.1, -0.05) is 53.2 Å². The Morgan fingerprint density at radius 1 is 0.548 bits per heavy atom. The summed E-state index contributed by atoms with van der Waals surface area (Å²) in [6.45, 7) is 12.2. The number of hydrogen-bond donors (Lipinski definition) is 15. The molecule has 5 aliphatic carbocycles. The molecule has 0 aromatic heterocycles. The maximum absolute atomic E-state index is 15.4. The second-order valence-electron chi connectivity index (χ2n) is 28.0. The lowest BCUT2D eigenvalue weighted by atomic mass is 9.33. The first-order valence-corrected chi connectivity index (χ1v) is 30.2. The molecule has 10 aliphatic rings. The van der Waals surface area contributed by atoms with E-state index in [1.54, 1.807) is 0 Å². The van der Waals surface area contributed by atoms with Crippen LogP contribution in [0.2, 0.25) is 0 Å². The number of esters is 1. The Kier molecular flexibility index (Phi) is 18.7. The standard InChI is InChI=1S/C58H94O26/c1-24-34(64)38(68)42(72)48(77-24)83-46-44(81-47-41(71)35(65)27(62)21-75-47)28(63)22-76-50(46)80-33-11-12-54(4)31(55(33,5)23-61)10-13-57(7)32(54)9-8-25-26-18-53(2,3)14-16-58(26,17-15-56(25,57)6)52(74)84-51-45(40(70)37(67)30(20-60)79-51)82-49-43(73)39(69)36(66)29(19-59)78-49/h8,24,26-51,59-73H,9-23H2,1-7H3/t24-,26-,27+,28-,29+,30+,31+,32+,33+,34-,35-,36+,37+,38+,39-,40-,41+,42+,43+,44-,45+,46+,47-,48-,49-,50-,51-,54-,55-,56+,57+,58-/m0/s1. The minimum Gasteiger partial charge on any atom is -0.432 e. The average Bonchev–Trinajstić information content (AvgIpc) is 0.692. The number of ether oxygens (including phenoxy) is 10. The first kappa shape index (κ1) is 65.2. The number of aliphatic hydroxyl groups excluding tert-OH is 15. The van der Waals surface area contributed by atoms with Crippen LogP contribution < -0.4 is 0 Å². The van der Waals surface area contributed by atoms with Gasteiger partial charge in [-0.2, -0.15) is 0 Å². The molecule has 5 aliphatic heterocycles. The zero-order valence-electron chi connectivity index (χ0n) is 49.0. The van der Waals surface area contributed by atoms with Crippen molar-refractivity contribution in [2.75, 3.05) is 33.0 Å². The number of hydrogen-bond acceptors (Lipinski definition) is 26. The summed E-state index contributed by atoms with van der Waals surface area (Å²) < 4.78 is 60.9. The maximum Gasteiger partial charge on any atom is 0.315 e. The van der Waals surface area contributed by atoms with Crippen LogP contribution in [-0.4, -0.2) is 263 Å². The van der Waals surface area contributed by atoms with Gasteiger partial charge in [0.15, 0.2) is 31.3 Å². The largest absolute Gasteiger partial charge is 0.432 e. The zero-order valence-corrected chi connectivity index (χ0v) is 49.0. The number of aliphatic hydroxyl groups is 15. The Morgan fingerprint density at radius 3 is 1.79 bits per heavy atom. The van der Waals surface area contributed by atoms with Gasteiger partial charge >= 0.3 is 5.97 Å². The summed E-state index contributed by atoms with van der Waals surface area (Å²) in [5.41, 5.74) is -2.25. The molecule has 482 valence electrons. The number of fused-ring (bicyclic) bond motifs is 7. The van der Waals surface area contributed by atoms with E-state index >= 15 is 4.79 Å². The van der Waals surface area contributed by atoms with Gasteiger partial charge in [0.2, 0.25) is 6.29 Å². The van der Waals surface area contributed by atoms with Crippen molar-refractivity contribution in [2.24, 2.45) is 50.2 Å². The summed E-state index contributed by atoms with van der Waals surface area (Å²) >= 11 is 0. The molecule has 0 aromatic carbocycles. The molecule has 15 N–H and O–H groups in total. The maximum atomic E-state index is 15.4. The van der Waals surface area contributed by atoms with Crippen molar-refractivity contribution in [1.82, 2.24) is 0 Å². The van der Waals surface area contributed by atoms with E-state index in [4.69, 9.17) is 47.4 Å². The molecule has 4 saturated carbocycles. The Morgan fingerprint density at radius 2 is 1.12 bits per heavy atom. The van der Waals surface area contributed by atoms with E-state index in [1.165, 1.54) is 6.92 Å². The van der Waals surface area contributed by atoms with Crippen LogP contribution >= 0.6 is 0 Å². The van der Waals surface area contributed by atoms with Crippen LogP contribution in [0.25, 0.3) is 0 Å². The first-order chi connectivity index (χ1) is 39.4. The van der Waals surface area contributed by atoms with Crippen molar-refractivity contribution < 1.29 is 129 Å². The molecule has 10 rings (SSSR count). The SMILES string of the molecule is C[C@@H]1O[C@@H](O[C@H]2[C@H](O[C@@H]3CC[C@@]4(C)[C@@H](CC[C@]5(C)[C@@H]4CC=C4[C@@H]6CC(C)(C)CC[C@]6(C(=O)O[C@@H]6O[C@H](CO)[C@@H](O)[C@H](O)[C@H]6O[C@@H]6O[C@H](CO)[C@@H](O)[C@H](O)[C@H]6O)CC[C@]45C)[C@]3(C)CO)OC[C@H](O)[C@@H]2O[C@@H]2OC[C@@H](O)[C@H](O)[C@H]2O)[C@H](O)[C@H](O)[C@H]1O. The van der Waals surface area contributed by atoms with Crippen LogP contribution in [0.5, 0.6) is 0 Å². The molecule has 26 nitrogen and oxygen atoms in total. The van der Waals surface area contributed by atoms with Crippen molar-refractivity contribution >= 4 is 5.97 Å². The van der Waals surface area contributed by atoms with Gasteiger partial charge in [-0.05, 0) is 111 Å². The fourth-order valence-corrected chi connectivity index (χ4v) is 17.4. The van der Waals surface area contributed by atoms with E-state index in [0.717, 1.165) is 12.0 Å². The van der Waals surface area contributed by atoms with Crippen LogP contribution in [0.4, 0.5) is 0 Å². The molecule has 0 unspecified atom stereocenters. The smallest absolute Gasteiger partial charge is 0.315 e. The summed E-state index contributed by atoms with van der Waals surface area (Å²) in [6.07, 6.45) is -29.6. The van der Waals surface area contributed by atoms with E-state index in [2.05, 4.69) is 40.7 Å². The molecule has 5 heterocycles. The van der Waals surface area contributed by atoms with E-state index in [9.17, 15) is 76.6 Å². The molecular weight excluding hydrogens is 1110 g/mol. The van der Waals surface area contributed by atoms with Crippen molar-refractivity contribution in [3.63, 3.8) is 0 Å². The molecule has 5 saturated heterocycles. The van der Waals surface area contributed by atoms with E-state index in [1.807, 2.05) is 6.92 Å². The molecule has 9 fully saturated rings. The van der Waals surface area contributed by atoms with Gasteiger partial charge in [0, 0.05) is 5.41 Å². The van der Waals surface area contributed by atoms with E-state index in [-0.39, 0.29) is 41.8 Å². The molecular formula is C58H94O26. The molecule has 0 spiro atoms. The minimum absolute atomic E-state index is 0.0686. The van der Waals surface area contributed by atoms with Gasteiger partial charge in [-0.25, -0.2) is 0 Å². The third kappa shape index (κ3) is 10.8. The summed E-state index contributed by atoms with van der Waals surface area (Å²) in [5, 5.41) is 162. The molecule has 0 bridgehead atoms. The lowest BCUT2D eigenvalue weighted by Gasteiger charge is -2.71. The fourth-order valence-electron chi connectivity index (χ4n) is 17.4. The quantitative estimate of drug-likeness (QED) is 0.0499. The number of rotatable bonds is 13. The van der Waals surface area contributed by atoms with Crippen molar-refractivity contribution in [3.8, 4) is 0 Å². The fraction of sp³-hybridized carbons (Fsp3) is 0.948. The summed E-state index contributed by atoms with van der Waals surface area (Å²) in [6, 6.07) is 0. The molecule has 84 heavy (non-hydrogen) atoms. The van der Waals surface area contributed by atoms with Crippen molar-refractivity contribution in [2.45, 2.75) is 260 Å². The van der Waals surface area contributed by atoms with Crippen molar-refractivity contribution in [1.29, 1.82) is 0 Å². The molecule has 26 heteroatoms. The summed E-state index contributed by atoms with van der Waals surface area (Å²) in [7, 11) is 0. The highest BCUT2D eigenvalue weighted by Gasteiger charge is 2.71. The highest BCUT2D eigenvalue weighted by molar-refractivity contribution is 5.79. The highest BCUT2D eigenvalue weighted by Crippen LogP contribution is 2.76. The normalized spacial score (nSPS) is 54.9. The Bertz CT molecular complexity index is 2330. The van der Waals surface area contributed by atoms with Gasteiger partial charge in [0.1, 0.15) is 97.7 Å². The van der Waals surface area contributed by atoms with Crippen LogP contribution in [-0.2, 0) is 52.2 Å². The van der Waals surface area contributed by atoms with Crippen LogP contribution in [0.3, 0.4) is 0 Å². The second kappa shape index (κ2) is 24.1. The Balaban J connectivity index is 0.911. The van der Waals surface area contributed by atoms with Gasteiger partial charge in [0.05, 0.1) is 50.7 Å². The van der Waals surface area contributed by atoms with Crippen LogP contribution in [0.1, 0.15) is 113 Å². The Labute approximate surface area is 488 Å². The predicted octanol–water partition coefficient (Wildman–Crippen LogP) is -2.93. The molecule has 0 radical (unpaired) electrons. The molecule has 0 aromatic rings. The van der Waals surface area contributed by atoms with Crippen molar-refractivity contribution in [3.05, 3.63) is 11.6 Å². The lowest BCUT2D eigenvalue weighted by molar-refractivity contribution is -0.384. The zero-order chi connectivity index (χ0) is 61.1. The van der Waals surface area contributed by atoms with Crippen LogP contribution in [0, 0.1) is 50.2 Å². The van der Waals surface area contributed by atoms with Gasteiger partial charge in [-0.3, -0.25) is 4.79 Å². The second-order valence-corrected chi connectivity index (χ2v) is 28.0. The monoisotopic (exact) mass is 1210 g/mol. The number of carbonyl (C=O) groups is 1. The van der Waals surface area contributed by atoms with Gasteiger partial charge in [0.25, 0.3) is 0 Å². The van der Waals surface area contributed by atoms with Gasteiger partial charge < -0.3 is 124 Å². The number of carbonyl (C=O) groups excluding carboxylic acids is 1. The third-order valence-electron chi connectivity index (χ3n) is 22.9. The molecule has 32 atom stereocenters.